The minimum Gasteiger partial charge on any atom is -0.358 e. The third kappa shape index (κ3) is 3.86. The Hall–Kier alpha value is -2.89. The zero-order valence-electron chi connectivity index (χ0n) is 15.6. The molecular weight excluding hydrogens is 368 g/mol. The summed E-state index contributed by atoms with van der Waals surface area (Å²) in [6, 6.07) is 27.0. The normalized spacial score (nSPS) is 12.9. The van der Waals surface area contributed by atoms with Crippen LogP contribution in [-0.2, 0) is 10.0 Å². The fraction of sp³-hybridized carbons (Fsp3) is 0.130. The predicted molar refractivity (Wildman–Crippen MR) is 113 cm³/mol. The van der Waals surface area contributed by atoms with Crippen LogP contribution < -0.4 is 4.72 Å². The number of nitrogens with one attached hydrogen (secondary N) is 2. The lowest BCUT2D eigenvalue weighted by Crippen LogP contribution is -2.29. The molecule has 2 N–H and O–H groups in total. The largest absolute Gasteiger partial charge is 0.358 e. The molecule has 0 spiro atoms. The molecule has 0 amide bonds. The first-order valence-electron chi connectivity index (χ1n) is 9.22. The molecule has 0 radical (unpaired) electrons. The fourth-order valence-corrected chi connectivity index (χ4v) is 4.42. The van der Waals surface area contributed by atoms with Crippen LogP contribution in [0.4, 0.5) is 0 Å². The first kappa shape index (κ1) is 18.5. The van der Waals surface area contributed by atoms with E-state index in [4.69, 9.17) is 0 Å². The number of aryl methyl sites for hydroxylation is 1. The average molecular weight is 391 g/mol. The van der Waals surface area contributed by atoms with Gasteiger partial charge in [-0.15, -0.1) is 0 Å². The van der Waals surface area contributed by atoms with E-state index < -0.39 is 10.0 Å². The number of hydrogen-bond donors (Lipinski definition) is 2. The molecule has 4 aromatic rings. The third-order valence-electron chi connectivity index (χ3n) is 4.94. The molecule has 3 aromatic carbocycles. The maximum absolute atomic E-state index is 12.8. The summed E-state index contributed by atoms with van der Waals surface area (Å²) in [5, 5.41) is 1.11. The summed E-state index contributed by atoms with van der Waals surface area (Å²) in [5.74, 6) is -0.117. The Bertz CT molecular complexity index is 1150. The lowest BCUT2D eigenvalue weighted by atomic mass is 9.96. The monoisotopic (exact) mass is 390 g/mol. The maximum atomic E-state index is 12.8. The first-order chi connectivity index (χ1) is 13.5. The Kier molecular flexibility index (Phi) is 5.03. The zero-order chi connectivity index (χ0) is 19.6. The number of sulfonamides is 1. The molecule has 0 saturated carbocycles. The third-order valence-corrected chi connectivity index (χ3v) is 6.38. The SMILES string of the molecule is Cc1ccc(S(=O)(=O)NCC(c2ccccc2)c2cc3ccccc3[nH]2)cc1. The van der Waals surface area contributed by atoms with Gasteiger partial charge >= 0.3 is 0 Å². The van der Waals surface area contributed by atoms with Crippen molar-refractivity contribution >= 4 is 20.9 Å². The summed E-state index contributed by atoms with van der Waals surface area (Å²) in [5.41, 5.74) is 4.11. The lowest BCUT2D eigenvalue weighted by Gasteiger charge is -2.17. The second kappa shape index (κ2) is 7.62. The van der Waals surface area contributed by atoms with Gasteiger partial charge in [0.15, 0.2) is 0 Å². The molecule has 0 aliphatic heterocycles. The van der Waals surface area contributed by atoms with Gasteiger partial charge in [0.1, 0.15) is 0 Å². The second-order valence-corrected chi connectivity index (χ2v) is 8.71. The number of H-pyrrole nitrogens is 1. The Balaban J connectivity index is 1.65. The number of aromatic nitrogens is 1. The van der Waals surface area contributed by atoms with E-state index in [1.54, 1.807) is 24.3 Å². The summed E-state index contributed by atoms with van der Waals surface area (Å²) in [6.07, 6.45) is 0. The number of fused-ring (bicyclic) bond motifs is 1. The van der Waals surface area contributed by atoms with Gasteiger partial charge in [-0.05, 0) is 42.1 Å². The highest BCUT2D eigenvalue weighted by molar-refractivity contribution is 7.89. The van der Waals surface area contributed by atoms with E-state index in [0.29, 0.717) is 0 Å². The summed E-state index contributed by atoms with van der Waals surface area (Å²) < 4.78 is 28.3. The van der Waals surface area contributed by atoms with Gasteiger partial charge in [0.05, 0.1) is 4.90 Å². The molecule has 28 heavy (non-hydrogen) atoms. The highest BCUT2D eigenvalue weighted by Gasteiger charge is 2.21. The molecule has 1 aromatic heterocycles. The molecule has 4 rings (SSSR count). The van der Waals surface area contributed by atoms with E-state index in [1.165, 1.54) is 0 Å². The van der Waals surface area contributed by atoms with E-state index in [9.17, 15) is 8.42 Å². The Morgan fingerprint density at radius 1 is 0.893 bits per heavy atom. The van der Waals surface area contributed by atoms with Crippen molar-refractivity contribution < 1.29 is 8.42 Å². The number of hydrogen-bond acceptors (Lipinski definition) is 2. The van der Waals surface area contributed by atoms with Crippen molar-refractivity contribution in [2.45, 2.75) is 17.7 Å². The lowest BCUT2D eigenvalue weighted by molar-refractivity contribution is 0.577. The van der Waals surface area contributed by atoms with Gasteiger partial charge in [-0.1, -0.05) is 66.2 Å². The van der Waals surface area contributed by atoms with Gasteiger partial charge in [0, 0.05) is 23.7 Å². The summed E-state index contributed by atoms with van der Waals surface area (Å²) >= 11 is 0. The van der Waals surface area contributed by atoms with E-state index in [2.05, 4.69) is 15.8 Å². The zero-order valence-corrected chi connectivity index (χ0v) is 16.4. The molecule has 1 unspecified atom stereocenters. The van der Waals surface area contributed by atoms with Crippen LogP contribution in [0.1, 0.15) is 22.7 Å². The number of aromatic amines is 1. The topological polar surface area (TPSA) is 62.0 Å². The minimum absolute atomic E-state index is 0.117. The van der Waals surface area contributed by atoms with Crippen molar-refractivity contribution in [3.05, 3.63) is 102 Å². The van der Waals surface area contributed by atoms with Crippen LogP contribution in [0.2, 0.25) is 0 Å². The average Bonchev–Trinajstić information content (AvgIpc) is 3.13. The van der Waals surface area contributed by atoms with Crippen molar-refractivity contribution in [2.75, 3.05) is 6.54 Å². The van der Waals surface area contributed by atoms with Crippen LogP contribution in [0.25, 0.3) is 10.9 Å². The smallest absolute Gasteiger partial charge is 0.240 e. The predicted octanol–water partition coefficient (Wildman–Crippen LogP) is 4.59. The van der Waals surface area contributed by atoms with Crippen LogP contribution in [0.3, 0.4) is 0 Å². The fourth-order valence-electron chi connectivity index (χ4n) is 3.37. The maximum Gasteiger partial charge on any atom is 0.240 e. The van der Waals surface area contributed by atoms with Gasteiger partial charge < -0.3 is 4.98 Å². The van der Waals surface area contributed by atoms with E-state index in [-0.39, 0.29) is 17.4 Å². The molecule has 0 fully saturated rings. The Morgan fingerprint density at radius 2 is 1.57 bits per heavy atom. The molecular formula is C23H22N2O2S. The van der Waals surface area contributed by atoms with Crippen molar-refractivity contribution in [2.24, 2.45) is 0 Å². The van der Waals surface area contributed by atoms with Crippen molar-refractivity contribution in [1.29, 1.82) is 0 Å². The summed E-state index contributed by atoms with van der Waals surface area (Å²) in [4.78, 5) is 3.72. The van der Waals surface area contributed by atoms with Crippen LogP contribution >= 0.6 is 0 Å². The van der Waals surface area contributed by atoms with Crippen molar-refractivity contribution in [3.63, 3.8) is 0 Å². The van der Waals surface area contributed by atoms with Crippen molar-refractivity contribution in [3.8, 4) is 0 Å². The summed E-state index contributed by atoms with van der Waals surface area (Å²) in [7, 11) is -3.58. The highest BCUT2D eigenvalue weighted by Crippen LogP contribution is 2.27. The molecule has 0 aliphatic carbocycles. The van der Waals surface area contributed by atoms with E-state index in [0.717, 1.165) is 27.7 Å². The molecule has 0 bridgehead atoms. The van der Waals surface area contributed by atoms with Crippen LogP contribution in [0.15, 0.2) is 89.8 Å². The Labute approximate surface area is 165 Å². The van der Waals surface area contributed by atoms with Gasteiger partial charge in [0.25, 0.3) is 0 Å². The number of rotatable bonds is 6. The van der Waals surface area contributed by atoms with Gasteiger partial charge in [-0.2, -0.15) is 0 Å². The first-order valence-corrected chi connectivity index (χ1v) is 10.7. The molecule has 0 aliphatic rings. The summed E-state index contributed by atoms with van der Waals surface area (Å²) in [6.45, 7) is 2.21. The van der Waals surface area contributed by atoms with E-state index >= 15 is 0 Å². The molecule has 0 saturated heterocycles. The van der Waals surface area contributed by atoms with Crippen LogP contribution in [0.5, 0.6) is 0 Å². The number of benzene rings is 3. The quantitative estimate of drug-likeness (QED) is 0.506. The van der Waals surface area contributed by atoms with E-state index in [1.807, 2.05) is 61.5 Å². The molecule has 5 heteroatoms. The standard InChI is InChI=1S/C23H22N2O2S/c1-17-11-13-20(14-12-17)28(26,27)24-16-21(18-7-3-2-4-8-18)23-15-19-9-5-6-10-22(19)25-23/h2-15,21,24-25H,16H2,1H3. The van der Waals surface area contributed by atoms with Gasteiger partial charge in [0.2, 0.25) is 10.0 Å². The number of para-hydroxylation sites is 1. The second-order valence-electron chi connectivity index (χ2n) is 6.94. The molecule has 1 heterocycles. The molecule has 4 nitrogen and oxygen atoms in total. The molecule has 1 atom stereocenters. The van der Waals surface area contributed by atoms with Crippen molar-refractivity contribution in [1.82, 2.24) is 9.71 Å². The Morgan fingerprint density at radius 3 is 2.29 bits per heavy atom. The van der Waals surface area contributed by atoms with Gasteiger partial charge in [-0.3, -0.25) is 0 Å². The molecule has 142 valence electrons. The van der Waals surface area contributed by atoms with Crippen LogP contribution in [-0.4, -0.2) is 19.9 Å². The highest BCUT2D eigenvalue weighted by atomic mass is 32.2. The van der Waals surface area contributed by atoms with Crippen LogP contribution in [0, 0.1) is 6.92 Å². The van der Waals surface area contributed by atoms with Gasteiger partial charge in [-0.25, -0.2) is 13.1 Å². The minimum atomic E-state index is -3.58.